The zero-order valence-electron chi connectivity index (χ0n) is 13.3. The number of aromatic amines is 2. The largest absolute Gasteiger partial charge is 0.415 e. The minimum atomic E-state index is -2.94. The minimum Gasteiger partial charge on any atom is -0.415 e. The van der Waals surface area contributed by atoms with Crippen LogP contribution in [0.15, 0.2) is 23.3 Å². The second-order valence-corrected chi connectivity index (χ2v) is 5.23. The first-order chi connectivity index (χ1) is 12.0. The van der Waals surface area contributed by atoms with Gasteiger partial charge >= 0.3 is 6.61 Å². The number of anilines is 2. The predicted molar refractivity (Wildman–Crippen MR) is 85.0 cm³/mol. The summed E-state index contributed by atoms with van der Waals surface area (Å²) in [7, 11) is 0. The van der Waals surface area contributed by atoms with Gasteiger partial charge in [0, 0.05) is 12.6 Å². The molecule has 1 aliphatic rings. The van der Waals surface area contributed by atoms with E-state index in [1.54, 1.807) is 0 Å². The van der Waals surface area contributed by atoms with Crippen molar-refractivity contribution >= 4 is 11.6 Å². The molecule has 11 heteroatoms. The zero-order valence-corrected chi connectivity index (χ0v) is 13.3. The molecule has 1 saturated heterocycles. The summed E-state index contributed by atoms with van der Waals surface area (Å²) < 4.78 is 40.1. The molecule has 0 radical (unpaired) electrons. The van der Waals surface area contributed by atoms with Crippen molar-refractivity contribution in [2.75, 3.05) is 18.4 Å². The Labute approximate surface area is 141 Å². The van der Waals surface area contributed by atoms with Gasteiger partial charge in [-0.05, 0) is 25.8 Å². The van der Waals surface area contributed by atoms with Gasteiger partial charge in [0.1, 0.15) is 17.8 Å². The van der Waals surface area contributed by atoms with Crippen LogP contribution in [0.3, 0.4) is 0 Å². The van der Waals surface area contributed by atoms with E-state index >= 15 is 0 Å². The van der Waals surface area contributed by atoms with Crippen molar-refractivity contribution in [1.82, 2.24) is 25.5 Å². The van der Waals surface area contributed by atoms with Crippen LogP contribution >= 0.6 is 0 Å². The maximum atomic E-state index is 12.4. The molecule has 0 bridgehead atoms. The van der Waals surface area contributed by atoms with Gasteiger partial charge in [0.25, 0.3) is 5.56 Å². The second kappa shape index (κ2) is 9.67. The summed E-state index contributed by atoms with van der Waals surface area (Å²) >= 11 is 0. The summed E-state index contributed by atoms with van der Waals surface area (Å²) in [5.74, 6) is 0.322. The third kappa shape index (κ3) is 7.25. The molecule has 3 rings (SSSR count). The van der Waals surface area contributed by atoms with Gasteiger partial charge in [-0.15, -0.1) is 5.10 Å². The normalized spacial score (nSPS) is 17.4. The maximum Gasteiger partial charge on any atom is 0.388 e. The topological polar surface area (TPSA) is 108 Å². The van der Waals surface area contributed by atoms with E-state index in [9.17, 15) is 18.0 Å². The summed E-state index contributed by atoms with van der Waals surface area (Å²) in [6.07, 6.45) is 4.82. The second-order valence-electron chi connectivity index (χ2n) is 5.23. The fraction of sp³-hybridized carbons (Fsp3) is 0.500. The van der Waals surface area contributed by atoms with Crippen molar-refractivity contribution in [2.45, 2.75) is 32.0 Å². The Bertz CT molecular complexity index is 685. The standard InChI is InChI=1S/C8H7F2N5O2.C6H12FN/c9-8(10)17-7-1-4(14-15-7)12-5-2-11-3-6(16)13-5;7-6-3-1-2-4-8-5-6/h1-3,8H,(H3,12,13,14,15,16);6,8H,1-5H2. The molecule has 2 aromatic heterocycles. The molecule has 25 heavy (non-hydrogen) atoms. The lowest BCUT2D eigenvalue weighted by molar-refractivity contribution is -0.0528. The Balaban J connectivity index is 0.000000236. The fourth-order valence-electron chi connectivity index (χ4n) is 2.08. The molecule has 0 aromatic carbocycles. The Hall–Kier alpha value is -2.56. The van der Waals surface area contributed by atoms with Crippen molar-refractivity contribution in [1.29, 1.82) is 0 Å². The highest BCUT2D eigenvalue weighted by Crippen LogP contribution is 2.17. The van der Waals surface area contributed by atoms with Crippen LogP contribution in [0.1, 0.15) is 19.3 Å². The van der Waals surface area contributed by atoms with Crippen molar-refractivity contribution in [3.63, 3.8) is 0 Å². The molecule has 0 spiro atoms. The van der Waals surface area contributed by atoms with Crippen molar-refractivity contribution in [2.24, 2.45) is 0 Å². The molecule has 1 atom stereocenters. The molecule has 8 nitrogen and oxygen atoms in total. The van der Waals surface area contributed by atoms with E-state index in [0.29, 0.717) is 12.4 Å². The quantitative estimate of drug-likeness (QED) is 0.664. The molecular formula is C14H19F3N6O2. The van der Waals surface area contributed by atoms with E-state index in [1.807, 2.05) is 0 Å². The van der Waals surface area contributed by atoms with Gasteiger partial charge in [-0.3, -0.25) is 14.9 Å². The summed E-state index contributed by atoms with van der Waals surface area (Å²) in [6, 6.07) is 1.22. The lowest BCUT2D eigenvalue weighted by Crippen LogP contribution is -2.20. The van der Waals surface area contributed by atoms with Crippen LogP contribution in [0, 0.1) is 0 Å². The summed E-state index contributed by atoms with van der Waals surface area (Å²) in [4.78, 5) is 17.0. The third-order valence-electron chi connectivity index (χ3n) is 3.17. The predicted octanol–water partition coefficient (Wildman–Crippen LogP) is 1.94. The van der Waals surface area contributed by atoms with Crippen molar-refractivity contribution < 1.29 is 17.9 Å². The van der Waals surface area contributed by atoms with Crippen LogP contribution in [0.25, 0.3) is 0 Å². The van der Waals surface area contributed by atoms with Crippen LogP contribution < -0.4 is 20.9 Å². The zero-order chi connectivity index (χ0) is 18.1. The molecule has 1 fully saturated rings. The highest BCUT2D eigenvalue weighted by Gasteiger charge is 2.09. The number of nitrogens with one attached hydrogen (secondary N) is 4. The molecule has 138 valence electrons. The molecule has 1 unspecified atom stereocenters. The summed E-state index contributed by atoms with van der Waals surface area (Å²) in [5.41, 5.74) is -0.390. The van der Waals surface area contributed by atoms with Gasteiger partial charge in [-0.2, -0.15) is 8.78 Å². The summed E-state index contributed by atoms with van der Waals surface area (Å²) in [6.45, 7) is -1.37. The maximum absolute atomic E-state index is 12.4. The number of aromatic nitrogens is 4. The van der Waals surface area contributed by atoms with Crippen LogP contribution in [0.4, 0.5) is 24.8 Å². The lowest BCUT2D eigenvalue weighted by atomic mass is 10.2. The molecular weight excluding hydrogens is 341 g/mol. The number of ether oxygens (including phenoxy) is 1. The van der Waals surface area contributed by atoms with Gasteiger partial charge in [0.15, 0.2) is 0 Å². The van der Waals surface area contributed by atoms with Gasteiger partial charge in [0.05, 0.1) is 12.4 Å². The molecule has 1 aliphatic heterocycles. The average Bonchev–Trinajstić information content (AvgIpc) is 2.83. The van der Waals surface area contributed by atoms with Gasteiger partial charge in [-0.25, -0.2) is 4.39 Å². The SMILES string of the molecule is FC1CCCCNC1.O=c1cncc(Nc2cc(OC(F)F)n[nH]2)[nH]1. The average molecular weight is 360 g/mol. The smallest absolute Gasteiger partial charge is 0.388 e. The van der Waals surface area contributed by atoms with Crippen molar-refractivity contribution in [3.05, 3.63) is 28.8 Å². The van der Waals surface area contributed by atoms with E-state index in [-0.39, 0.29) is 11.7 Å². The minimum absolute atomic E-state index is 0.256. The Kier molecular flexibility index (Phi) is 7.26. The van der Waals surface area contributed by atoms with E-state index in [2.05, 4.69) is 35.5 Å². The molecule has 3 heterocycles. The van der Waals surface area contributed by atoms with Crippen LogP contribution in [0.5, 0.6) is 5.88 Å². The number of hydrogen-bond donors (Lipinski definition) is 4. The van der Waals surface area contributed by atoms with E-state index in [4.69, 9.17) is 0 Å². The number of halogens is 3. The Morgan fingerprint density at radius 3 is 2.88 bits per heavy atom. The first kappa shape index (κ1) is 18.8. The molecule has 0 aliphatic carbocycles. The van der Waals surface area contributed by atoms with Crippen LogP contribution in [-0.4, -0.2) is 46.0 Å². The number of alkyl halides is 3. The lowest BCUT2D eigenvalue weighted by Gasteiger charge is -2.00. The number of hydrogen-bond acceptors (Lipinski definition) is 6. The Morgan fingerprint density at radius 1 is 1.28 bits per heavy atom. The van der Waals surface area contributed by atoms with Gasteiger partial charge < -0.3 is 20.4 Å². The van der Waals surface area contributed by atoms with Crippen LogP contribution in [0.2, 0.25) is 0 Å². The molecule has 2 aromatic rings. The van der Waals surface area contributed by atoms with E-state index < -0.39 is 18.3 Å². The third-order valence-corrected chi connectivity index (χ3v) is 3.17. The number of nitrogens with zero attached hydrogens (tertiary/aromatic N) is 2. The van der Waals surface area contributed by atoms with Gasteiger partial charge in [0.2, 0.25) is 5.88 Å². The number of H-pyrrole nitrogens is 2. The van der Waals surface area contributed by atoms with Crippen LogP contribution in [-0.2, 0) is 0 Å². The number of rotatable bonds is 4. The fourth-order valence-corrected chi connectivity index (χ4v) is 2.08. The first-order valence-electron chi connectivity index (χ1n) is 7.69. The monoisotopic (exact) mass is 360 g/mol. The van der Waals surface area contributed by atoms with Crippen molar-refractivity contribution in [3.8, 4) is 5.88 Å². The van der Waals surface area contributed by atoms with E-state index in [0.717, 1.165) is 32.0 Å². The highest BCUT2D eigenvalue weighted by molar-refractivity contribution is 5.51. The summed E-state index contributed by atoms with van der Waals surface area (Å²) in [5, 5.41) is 11.6. The molecule has 4 N–H and O–H groups in total. The van der Waals surface area contributed by atoms with E-state index in [1.165, 1.54) is 12.3 Å². The highest BCUT2D eigenvalue weighted by atomic mass is 19.3. The Morgan fingerprint density at radius 2 is 2.12 bits per heavy atom. The molecule has 0 amide bonds. The first-order valence-corrected chi connectivity index (χ1v) is 7.69. The molecule has 0 saturated carbocycles. The van der Waals surface area contributed by atoms with Gasteiger partial charge in [-0.1, -0.05) is 0 Å².